The van der Waals surface area contributed by atoms with Crippen LogP contribution in [0.4, 0.5) is 19.0 Å². The Balaban J connectivity index is 1.26. The number of nitrogens with zero attached hydrogens (tertiary/aromatic N) is 5. The van der Waals surface area contributed by atoms with Gasteiger partial charge in [-0.1, -0.05) is 0 Å². The fourth-order valence-corrected chi connectivity index (χ4v) is 5.30. The quantitative estimate of drug-likeness (QED) is 0.692. The highest BCUT2D eigenvalue weighted by Crippen LogP contribution is 2.29. The number of anilines is 1. The molecule has 3 aliphatic heterocycles. The molecule has 3 saturated heterocycles. The van der Waals surface area contributed by atoms with Crippen molar-refractivity contribution in [2.75, 3.05) is 57.4 Å². The van der Waals surface area contributed by atoms with Gasteiger partial charge in [0.2, 0.25) is 0 Å². The fraction of sp³-hybridized carbons (Fsp3) is 0.609. The molecule has 0 amide bonds. The zero-order valence-electron chi connectivity index (χ0n) is 18.8. The van der Waals surface area contributed by atoms with E-state index in [1.54, 1.807) is 16.8 Å². The third-order valence-corrected chi connectivity index (χ3v) is 6.97. The maximum Gasteiger partial charge on any atom is 0.573 e. The Hall–Kier alpha value is -2.30. The Morgan fingerprint density at radius 1 is 0.970 bits per heavy atom. The van der Waals surface area contributed by atoms with E-state index in [1.807, 2.05) is 6.92 Å². The third kappa shape index (κ3) is 5.12. The molecule has 3 fully saturated rings. The van der Waals surface area contributed by atoms with Gasteiger partial charge in [0.1, 0.15) is 5.75 Å². The maximum atomic E-state index is 12.4. The van der Waals surface area contributed by atoms with Gasteiger partial charge in [0.05, 0.1) is 18.9 Å². The summed E-state index contributed by atoms with van der Waals surface area (Å²) in [6.45, 7) is 9.70. The van der Waals surface area contributed by atoms with Crippen LogP contribution < -0.4 is 9.64 Å². The number of rotatable bonds is 4. The lowest BCUT2D eigenvalue weighted by atomic mass is 9.93. The van der Waals surface area contributed by atoms with E-state index < -0.39 is 6.36 Å². The maximum absolute atomic E-state index is 12.4. The Kier molecular flexibility index (Phi) is 6.24. The Labute approximate surface area is 191 Å². The highest BCUT2D eigenvalue weighted by molar-refractivity contribution is 5.45. The minimum atomic E-state index is -4.70. The van der Waals surface area contributed by atoms with Crippen molar-refractivity contribution in [2.45, 2.75) is 38.2 Å². The molecule has 0 aliphatic carbocycles. The summed E-state index contributed by atoms with van der Waals surface area (Å²) in [5.74, 6) is 0.677. The number of benzene rings is 1. The molecule has 4 heterocycles. The molecule has 0 spiro atoms. The molecule has 33 heavy (non-hydrogen) atoms. The van der Waals surface area contributed by atoms with Crippen LogP contribution in [-0.4, -0.2) is 90.5 Å². The van der Waals surface area contributed by atoms with E-state index in [0.717, 1.165) is 70.4 Å². The second kappa shape index (κ2) is 9.15. The van der Waals surface area contributed by atoms with Gasteiger partial charge in [-0.2, -0.15) is 5.10 Å². The summed E-state index contributed by atoms with van der Waals surface area (Å²) in [5, 5.41) is 4.79. The minimum absolute atomic E-state index is 0.237. The molecule has 2 aromatic rings. The number of halogens is 3. The first-order valence-electron chi connectivity index (χ1n) is 11.6. The number of piperazine rings is 1. The van der Waals surface area contributed by atoms with Crippen molar-refractivity contribution < 1.29 is 22.6 Å². The molecule has 2 atom stereocenters. The number of ether oxygens (including phenoxy) is 2. The molecule has 180 valence electrons. The van der Waals surface area contributed by atoms with E-state index in [9.17, 15) is 13.2 Å². The Morgan fingerprint density at radius 2 is 1.70 bits per heavy atom. The Bertz CT molecular complexity index is 943. The fourth-order valence-electron chi connectivity index (χ4n) is 5.30. The molecule has 10 heteroatoms. The van der Waals surface area contributed by atoms with Gasteiger partial charge < -0.3 is 14.4 Å². The second-order valence-corrected chi connectivity index (χ2v) is 9.06. The number of aryl methyl sites for hydroxylation is 1. The van der Waals surface area contributed by atoms with Gasteiger partial charge >= 0.3 is 6.36 Å². The van der Waals surface area contributed by atoms with E-state index in [2.05, 4.69) is 25.5 Å². The van der Waals surface area contributed by atoms with Crippen LogP contribution in [-0.2, 0) is 4.74 Å². The van der Waals surface area contributed by atoms with Crippen LogP contribution >= 0.6 is 0 Å². The molecule has 7 nitrogen and oxygen atoms in total. The standard InChI is InChI=1S/C23H30F3N5O2/c1-17-14-22(27-31(17)18-2-4-21(5-3-18)33-23(24,25)26)30-9-8-28-7-6-19(15-20(28)16-30)29-10-12-32-13-11-29/h2-5,14,19-20H,6-13,15-16H2,1H3. The number of morpholine rings is 1. The number of fused-ring (bicyclic) bond motifs is 1. The van der Waals surface area contributed by atoms with Crippen LogP contribution in [0, 0.1) is 6.92 Å². The molecule has 0 radical (unpaired) electrons. The average Bonchev–Trinajstić information content (AvgIpc) is 3.20. The van der Waals surface area contributed by atoms with E-state index in [0.29, 0.717) is 17.8 Å². The van der Waals surface area contributed by atoms with Gasteiger partial charge in [-0.05, 0) is 44.0 Å². The van der Waals surface area contributed by atoms with Gasteiger partial charge in [-0.25, -0.2) is 4.68 Å². The zero-order valence-corrected chi connectivity index (χ0v) is 18.8. The first-order chi connectivity index (χ1) is 15.9. The minimum Gasteiger partial charge on any atom is -0.406 e. The van der Waals surface area contributed by atoms with Crippen LogP contribution in [0.15, 0.2) is 30.3 Å². The summed E-state index contributed by atoms with van der Waals surface area (Å²) in [6.07, 6.45) is -2.31. The third-order valence-electron chi connectivity index (χ3n) is 6.97. The van der Waals surface area contributed by atoms with Crippen molar-refractivity contribution in [3.63, 3.8) is 0 Å². The number of alkyl halides is 3. The van der Waals surface area contributed by atoms with Crippen LogP contribution in [0.5, 0.6) is 5.75 Å². The molecular weight excluding hydrogens is 435 g/mol. The van der Waals surface area contributed by atoms with Crippen LogP contribution in [0.2, 0.25) is 0 Å². The second-order valence-electron chi connectivity index (χ2n) is 9.06. The van der Waals surface area contributed by atoms with E-state index in [4.69, 9.17) is 9.84 Å². The molecular formula is C23H30F3N5O2. The number of hydrogen-bond acceptors (Lipinski definition) is 6. The SMILES string of the molecule is Cc1cc(N2CCN3CCC(N4CCOCC4)CC3C2)nn1-c1ccc(OC(F)(F)F)cc1. The van der Waals surface area contributed by atoms with Crippen LogP contribution in [0.25, 0.3) is 5.69 Å². The molecule has 5 rings (SSSR count). The summed E-state index contributed by atoms with van der Waals surface area (Å²) in [6, 6.07) is 8.99. The van der Waals surface area contributed by atoms with Crippen LogP contribution in [0.3, 0.4) is 0 Å². The molecule has 0 saturated carbocycles. The molecule has 1 aromatic carbocycles. The van der Waals surface area contributed by atoms with Gasteiger partial charge in [-0.3, -0.25) is 9.80 Å². The largest absolute Gasteiger partial charge is 0.573 e. The predicted molar refractivity (Wildman–Crippen MR) is 118 cm³/mol. The summed E-state index contributed by atoms with van der Waals surface area (Å²) in [4.78, 5) is 7.54. The van der Waals surface area contributed by atoms with E-state index >= 15 is 0 Å². The van der Waals surface area contributed by atoms with Gasteiger partial charge in [0.15, 0.2) is 5.82 Å². The van der Waals surface area contributed by atoms with Crippen molar-refractivity contribution in [1.29, 1.82) is 0 Å². The van der Waals surface area contributed by atoms with Crippen molar-refractivity contribution in [2.24, 2.45) is 0 Å². The first-order valence-corrected chi connectivity index (χ1v) is 11.6. The number of hydrogen-bond donors (Lipinski definition) is 0. The molecule has 1 aromatic heterocycles. The average molecular weight is 466 g/mol. The van der Waals surface area contributed by atoms with Gasteiger partial charge in [0, 0.05) is 63.1 Å². The predicted octanol–water partition coefficient (Wildman–Crippen LogP) is 3.06. The number of piperidine rings is 1. The lowest BCUT2D eigenvalue weighted by Gasteiger charge is -2.49. The van der Waals surface area contributed by atoms with Gasteiger partial charge in [-0.15, -0.1) is 13.2 Å². The lowest BCUT2D eigenvalue weighted by Crippen LogP contribution is -2.60. The van der Waals surface area contributed by atoms with Crippen LogP contribution in [0.1, 0.15) is 18.5 Å². The van der Waals surface area contributed by atoms with Gasteiger partial charge in [0.25, 0.3) is 0 Å². The summed E-state index contributed by atoms with van der Waals surface area (Å²) < 4.78 is 48.6. The molecule has 0 bridgehead atoms. The summed E-state index contributed by atoms with van der Waals surface area (Å²) >= 11 is 0. The molecule has 3 aliphatic rings. The Morgan fingerprint density at radius 3 is 2.42 bits per heavy atom. The van der Waals surface area contributed by atoms with Crippen molar-refractivity contribution in [1.82, 2.24) is 19.6 Å². The number of aromatic nitrogens is 2. The highest BCUT2D eigenvalue weighted by Gasteiger charge is 2.36. The monoisotopic (exact) mass is 465 g/mol. The zero-order chi connectivity index (χ0) is 23.0. The smallest absolute Gasteiger partial charge is 0.406 e. The first kappa shape index (κ1) is 22.5. The van der Waals surface area contributed by atoms with E-state index in [-0.39, 0.29) is 5.75 Å². The topological polar surface area (TPSA) is 46.0 Å². The van der Waals surface area contributed by atoms with Crippen molar-refractivity contribution in [3.8, 4) is 11.4 Å². The van der Waals surface area contributed by atoms with Crippen molar-refractivity contribution >= 4 is 5.82 Å². The van der Waals surface area contributed by atoms with E-state index in [1.165, 1.54) is 18.6 Å². The van der Waals surface area contributed by atoms with Crippen molar-refractivity contribution in [3.05, 3.63) is 36.0 Å². The normalized spacial score (nSPS) is 25.2. The summed E-state index contributed by atoms with van der Waals surface area (Å²) in [7, 11) is 0. The highest BCUT2D eigenvalue weighted by atomic mass is 19.4. The molecule has 2 unspecified atom stereocenters. The lowest BCUT2D eigenvalue weighted by molar-refractivity contribution is -0.274. The summed E-state index contributed by atoms with van der Waals surface area (Å²) in [5.41, 5.74) is 1.64. The molecule has 0 N–H and O–H groups in total.